The molecule has 0 aliphatic carbocycles. The fourth-order valence-corrected chi connectivity index (χ4v) is 2.68. The molecule has 0 saturated heterocycles. The molecule has 1 aliphatic heterocycles. The monoisotopic (exact) mass is 287 g/mol. The molecule has 0 atom stereocenters. The van der Waals surface area contributed by atoms with Gasteiger partial charge >= 0.3 is 0 Å². The van der Waals surface area contributed by atoms with Crippen LogP contribution in [0.4, 0.5) is 11.4 Å². The molecule has 0 spiro atoms. The van der Waals surface area contributed by atoms with Crippen molar-refractivity contribution in [1.29, 1.82) is 0 Å². The van der Waals surface area contributed by atoms with Crippen LogP contribution < -0.4 is 10.6 Å². The van der Waals surface area contributed by atoms with Crippen molar-refractivity contribution in [3.63, 3.8) is 0 Å². The lowest BCUT2D eigenvalue weighted by Gasteiger charge is -2.21. The van der Waals surface area contributed by atoms with Crippen molar-refractivity contribution in [2.24, 2.45) is 0 Å². The van der Waals surface area contributed by atoms with Crippen molar-refractivity contribution in [3.8, 4) is 0 Å². The number of aromatic nitrogens is 1. The van der Waals surface area contributed by atoms with Crippen LogP contribution in [0.1, 0.15) is 23.1 Å². The average molecular weight is 288 g/mol. The molecule has 0 fully saturated rings. The van der Waals surface area contributed by atoms with Crippen LogP contribution in [0.3, 0.4) is 0 Å². The van der Waals surface area contributed by atoms with Gasteiger partial charge in [-0.2, -0.15) is 0 Å². The van der Waals surface area contributed by atoms with E-state index >= 15 is 0 Å². The van der Waals surface area contributed by atoms with Gasteiger partial charge in [0.25, 0.3) is 0 Å². The predicted molar refractivity (Wildman–Crippen MR) is 84.6 cm³/mol. The predicted octanol–water partition coefficient (Wildman–Crippen LogP) is 4.01. The van der Waals surface area contributed by atoms with Crippen molar-refractivity contribution < 1.29 is 0 Å². The molecule has 0 radical (unpaired) electrons. The quantitative estimate of drug-likeness (QED) is 0.838. The summed E-state index contributed by atoms with van der Waals surface area (Å²) in [6.07, 6.45) is 4.15. The molecule has 4 heteroatoms. The molecular weight excluding hydrogens is 270 g/mol. The van der Waals surface area contributed by atoms with Gasteiger partial charge < -0.3 is 10.6 Å². The molecule has 2 heterocycles. The normalized spacial score (nSPS) is 13.5. The number of pyridine rings is 1. The fraction of sp³-hybridized carbons (Fsp3) is 0.312. The van der Waals surface area contributed by atoms with Crippen molar-refractivity contribution in [1.82, 2.24) is 4.98 Å². The highest BCUT2D eigenvalue weighted by Crippen LogP contribution is 2.27. The Morgan fingerprint density at radius 3 is 3.15 bits per heavy atom. The maximum atomic E-state index is 5.94. The van der Waals surface area contributed by atoms with Gasteiger partial charge in [-0.05, 0) is 42.5 Å². The van der Waals surface area contributed by atoms with Gasteiger partial charge in [-0.1, -0.05) is 29.8 Å². The molecule has 2 aromatic rings. The van der Waals surface area contributed by atoms with E-state index in [4.69, 9.17) is 11.6 Å². The van der Waals surface area contributed by atoms with Crippen LogP contribution in [0.2, 0.25) is 5.15 Å². The largest absolute Gasteiger partial charge is 0.385 e. The number of fused-ring (bicyclic) bond motifs is 1. The topological polar surface area (TPSA) is 37.0 Å². The molecule has 0 bridgehead atoms. The third-order valence-electron chi connectivity index (χ3n) is 3.66. The Kier molecular flexibility index (Phi) is 3.79. The van der Waals surface area contributed by atoms with Crippen LogP contribution in [-0.2, 0) is 13.0 Å². The molecule has 0 amide bonds. The average Bonchev–Trinajstić information content (AvgIpc) is 2.48. The summed E-state index contributed by atoms with van der Waals surface area (Å²) in [4.78, 5) is 4.17. The van der Waals surface area contributed by atoms with E-state index in [1.807, 2.05) is 13.0 Å². The summed E-state index contributed by atoms with van der Waals surface area (Å²) in [5.41, 5.74) is 6.01. The minimum Gasteiger partial charge on any atom is -0.385 e. The molecule has 1 aromatic carbocycles. The summed E-state index contributed by atoms with van der Waals surface area (Å²) in [6.45, 7) is 3.82. The molecule has 1 aromatic heterocycles. The summed E-state index contributed by atoms with van der Waals surface area (Å²) >= 11 is 5.94. The lowest BCUT2D eigenvalue weighted by molar-refractivity contribution is 0.825. The van der Waals surface area contributed by atoms with Gasteiger partial charge in [0, 0.05) is 18.8 Å². The van der Waals surface area contributed by atoms with Crippen LogP contribution in [0, 0.1) is 6.92 Å². The molecule has 0 unspecified atom stereocenters. The standard InChI is InChI=1S/C16H18ClN3/c1-11-8-14(10-20-16(11)17)19-9-13-5-2-4-12-6-3-7-18-15(12)13/h2,4-5,8,10,18-19H,3,6-7,9H2,1H3. The van der Waals surface area contributed by atoms with Gasteiger partial charge in [0.1, 0.15) is 5.15 Å². The van der Waals surface area contributed by atoms with Crippen molar-refractivity contribution in [2.75, 3.05) is 17.2 Å². The molecule has 3 nitrogen and oxygen atoms in total. The zero-order valence-corrected chi connectivity index (χ0v) is 12.3. The summed E-state index contributed by atoms with van der Waals surface area (Å²) in [6, 6.07) is 8.53. The Morgan fingerprint density at radius 1 is 1.40 bits per heavy atom. The zero-order chi connectivity index (χ0) is 13.9. The number of anilines is 2. The maximum absolute atomic E-state index is 5.94. The number of benzene rings is 1. The van der Waals surface area contributed by atoms with Crippen LogP contribution in [0.5, 0.6) is 0 Å². The van der Waals surface area contributed by atoms with E-state index in [1.54, 1.807) is 6.20 Å². The van der Waals surface area contributed by atoms with E-state index in [0.717, 1.165) is 30.8 Å². The third-order valence-corrected chi connectivity index (χ3v) is 4.05. The van der Waals surface area contributed by atoms with Crippen LogP contribution in [0.25, 0.3) is 0 Å². The van der Waals surface area contributed by atoms with Crippen molar-refractivity contribution in [3.05, 3.63) is 52.3 Å². The van der Waals surface area contributed by atoms with Gasteiger partial charge in [0.15, 0.2) is 0 Å². The first-order valence-electron chi connectivity index (χ1n) is 6.95. The highest BCUT2D eigenvalue weighted by molar-refractivity contribution is 6.30. The van der Waals surface area contributed by atoms with Gasteiger partial charge in [0.05, 0.1) is 11.9 Å². The first-order valence-corrected chi connectivity index (χ1v) is 7.32. The van der Waals surface area contributed by atoms with E-state index in [1.165, 1.54) is 23.2 Å². The number of hydrogen-bond acceptors (Lipinski definition) is 3. The van der Waals surface area contributed by atoms with E-state index in [-0.39, 0.29) is 0 Å². The highest BCUT2D eigenvalue weighted by Gasteiger charge is 2.11. The summed E-state index contributed by atoms with van der Waals surface area (Å²) in [5.74, 6) is 0. The maximum Gasteiger partial charge on any atom is 0.132 e. The number of para-hydroxylation sites is 1. The molecule has 20 heavy (non-hydrogen) atoms. The van der Waals surface area contributed by atoms with Crippen molar-refractivity contribution in [2.45, 2.75) is 26.3 Å². The SMILES string of the molecule is Cc1cc(NCc2cccc3c2NCCC3)cnc1Cl. The second-order valence-corrected chi connectivity index (χ2v) is 5.52. The number of aryl methyl sites for hydroxylation is 2. The summed E-state index contributed by atoms with van der Waals surface area (Å²) in [7, 11) is 0. The summed E-state index contributed by atoms with van der Waals surface area (Å²) < 4.78 is 0. The van der Waals surface area contributed by atoms with Gasteiger partial charge in [0.2, 0.25) is 0 Å². The van der Waals surface area contributed by atoms with E-state index in [2.05, 4.69) is 33.8 Å². The Labute approximate surface area is 124 Å². The van der Waals surface area contributed by atoms with E-state index in [0.29, 0.717) is 5.15 Å². The van der Waals surface area contributed by atoms with Gasteiger partial charge in [-0.15, -0.1) is 0 Å². The summed E-state index contributed by atoms with van der Waals surface area (Å²) in [5, 5.41) is 7.49. The highest BCUT2D eigenvalue weighted by atomic mass is 35.5. The first-order chi connectivity index (χ1) is 9.74. The molecule has 2 N–H and O–H groups in total. The number of rotatable bonds is 3. The van der Waals surface area contributed by atoms with E-state index < -0.39 is 0 Å². The number of halogens is 1. The van der Waals surface area contributed by atoms with Crippen LogP contribution >= 0.6 is 11.6 Å². The second kappa shape index (κ2) is 5.71. The molecule has 104 valence electrons. The number of nitrogens with one attached hydrogen (secondary N) is 2. The third kappa shape index (κ3) is 2.73. The van der Waals surface area contributed by atoms with Crippen LogP contribution in [0.15, 0.2) is 30.5 Å². The minimum atomic E-state index is 0.564. The Morgan fingerprint density at radius 2 is 2.30 bits per heavy atom. The lowest BCUT2D eigenvalue weighted by atomic mass is 9.99. The minimum absolute atomic E-state index is 0.564. The van der Waals surface area contributed by atoms with Crippen LogP contribution in [-0.4, -0.2) is 11.5 Å². The Hall–Kier alpha value is -1.74. The van der Waals surface area contributed by atoms with Gasteiger partial charge in [-0.3, -0.25) is 0 Å². The molecule has 1 aliphatic rings. The molecule has 3 rings (SSSR count). The number of hydrogen-bond donors (Lipinski definition) is 2. The Balaban J connectivity index is 1.76. The second-order valence-electron chi connectivity index (χ2n) is 5.17. The van der Waals surface area contributed by atoms with Crippen molar-refractivity contribution >= 4 is 23.0 Å². The Bertz CT molecular complexity index is 625. The lowest BCUT2D eigenvalue weighted by Crippen LogP contribution is -2.15. The molecule has 0 saturated carbocycles. The van der Waals surface area contributed by atoms with Gasteiger partial charge in [-0.25, -0.2) is 4.98 Å². The fourth-order valence-electron chi connectivity index (χ4n) is 2.58. The number of nitrogens with zero attached hydrogens (tertiary/aromatic N) is 1. The molecular formula is C16H18ClN3. The first kappa shape index (κ1) is 13.3. The zero-order valence-electron chi connectivity index (χ0n) is 11.5. The van der Waals surface area contributed by atoms with E-state index in [9.17, 15) is 0 Å². The smallest absolute Gasteiger partial charge is 0.132 e.